The van der Waals surface area contributed by atoms with Gasteiger partial charge in [-0.25, -0.2) is 9.78 Å². The molecule has 0 bridgehead atoms. The Bertz CT molecular complexity index is 584. The molecule has 0 aliphatic carbocycles. The Kier molecular flexibility index (Phi) is 7.62. The highest BCUT2D eigenvalue weighted by Crippen LogP contribution is 2.24. The number of thiazole rings is 1. The van der Waals surface area contributed by atoms with Gasteiger partial charge in [0.05, 0.1) is 23.9 Å². The van der Waals surface area contributed by atoms with Crippen molar-refractivity contribution in [3.63, 3.8) is 0 Å². The molecule has 1 heterocycles. The lowest BCUT2D eigenvalue weighted by Crippen LogP contribution is -2.45. The van der Waals surface area contributed by atoms with Crippen molar-refractivity contribution in [2.45, 2.75) is 46.3 Å². The predicted molar refractivity (Wildman–Crippen MR) is 96.8 cm³/mol. The van der Waals surface area contributed by atoms with Gasteiger partial charge in [0, 0.05) is 20.7 Å². The molecule has 7 nitrogen and oxygen atoms in total. The fourth-order valence-corrected chi connectivity index (χ4v) is 2.78. The first-order valence-electron chi connectivity index (χ1n) is 7.90. The Hall–Kier alpha value is -1.67. The standard InChI is InChI=1S/C16H28N4O3S/c1-8-23-14(21)12-10(2)19-13(24-12)11(3)20-15(17-6)18-9-16(4,5)22-7/h11H,8-9H2,1-7H3,(H2,17,18,20). The van der Waals surface area contributed by atoms with Crippen molar-refractivity contribution < 1.29 is 14.3 Å². The number of carbonyl (C=O) groups excluding carboxylic acids is 1. The first kappa shape index (κ1) is 20.4. The number of nitrogens with one attached hydrogen (secondary N) is 2. The number of aryl methyl sites for hydroxylation is 1. The zero-order valence-corrected chi connectivity index (χ0v) is 16.3. The molecule has 136 valence electrons. The Balaban J connectivity index is 2.74. The normalized spacial score (nSPS) is 13.5. The van der Waals surface area contributed by atoms with Gasteiger partial charge >= 0.3 is 5.97 Å². The van der Waals surface area contributed by atoms with Crippen LogP contribution in [0.15, 0.2) is 4.99 Å². The van der Waals surface area contributed by atoms with E-state index >= 15 is 0 Å². The molecule has 1 aromatic rings. The molecular formula is C16H28N4O3S. The third kappa shape index (κ3) is 5.76. The molecule has 1 rings (SSSR count). The monoisotopic (exact) mass is 356 g/mol. The molecule has 0 spiro atoms. The number of nitrogens with zero attached hydrogens (tertiary/aromatic N) is 2. The van der Waals surface area contributed by atoms with Crippen LogP contribution in [0, 0.1) is 6.92 Å². The summed E-state index contributed by atoms with van der Waals surface area (Å²) in [4.78, 5) is 21.1. The van der Waals surface area contributed by atoms with E-state index in [9.17, 15) is 4.79 Å². The number of aromatic nitrogens is 1. The quantitative estimate of drug-likeness (QED) is 0.443. The summed E-state index contributed by atoms with van der Waals surface area (Å²) < 4.78 is 10.4. The number of esters is 1. The molecule has 0 saturated carbocycles. The van der Waals surface area contributed by atoms with Gasteiger partial charge in [-0.05, 0) is 34.6 Å². The van der Waals surface area contributed by atoms with Crippen LogP contribution >= 0.6 is 11.3 Å². The SMILES string of the molecule is CCOC(=O)c1sc(C(C)NC(=NC)NCC(C)(C)OC)nc1C. The fourth-order valence-electron chi connectivity index (χ4n) is 1.82. The van der Waals surface area contributed by atoms with Gasteiger partial charge in [-0.1, -0.05) is 0 Å². The minimum absolute atomic E-state index is 0.0891. The largest absolute Gasteiger partial charge is 0.462 e. The van der Waals surface area contributed by atoms with E-state index in [0.29, 0.717) is 29.7 Å². The zero-order chi connectivity index (χ0) is 18.3. The molecule has 0 radical (unpaired) electrons. The molecule has 0 aliphatic rings. The van der Waals surface area contributed by atoms with Crippen LogP contribution in [0.1, 0.15) is 54.1 Å². The molecule has 0 saturated heterocycles. The van der Waals surface area contributed by atoms with E-state index < -0.39 is 0 Å². The van der Waals surface area contributed by atoms with Gasteiger partial charge in [-0.3, -0.25) is 4.99 Å². The molecule has 8 heteroatoms. The van der Waals surface area contributed by atoms with E-state index in [1.807, 2.05) is 27.7 Å². The van der Waals surface area contributed by atoms with Crippen molar-refractivity contribution >= 4 is 23.3 Å². The number of methoxy groups -OCH3 is 1. The third-order valence-electron chi connectivity index (χ3n) is 3.46. The van der Waals surface area contributed by atoms with Crippen LogP contribution in [-0.4, -0.2) is 49.8 Å². The Labute approximate surface area is 147 Å². The molecule has 24 heavy (non-hydrogen) atoms. The lowest BCUT2D eigenvalue weighted by atomic mass is 10.1. The zero-order valence-electron chi connectivity index (χ0n) is 15.5. The number of hydrogen-bond acceptors (Lipinski definition) is 6. The number of rotatable bonds is 7. The second kappa shape index (κ2) is 8.98. The lowest BCUT2D eigenvalue weighted by molar-refractivity contribution is 0.0268. The van der Waals surface area contributed by atoms with Gasteiger partial charge in [-0.2, -0.15) is 0 Å². The van der Waals surface area contributed by atoms with E-state index in [4.69, 9.17) is 9.47 Å². The number of hydrogen-bond donors (Lipinski definition) is 2. The topological polar surface area (TPSA) is 84.8 Å². The number of guanidine groups is 1. The van der Waals surface area contributed by atoms with Crippen LogP contribution in [0.25, 0.3) is 0 Å². The van der Waals surface area contributed by atoms with E-state index in [2.05, 4.69) is 20.6 Å². The summed E-state index contributed by atoms with van der Waals surface area (Å²) in [5.74, 6) is 0.327. The van der Waals surface area contributed by atoms with Gasteiger partial charge in [0.1, 0.15) is 9.88 Å². The van der Waals surface area contributed by atoms with Crippen molar-refractivity contribution in [1.82, 2.24) is 15.6 Å². The summed E-state index contributed by atoms with van der Waals surface area (Å²) in [5.41, 5.74) is 0.390. The van der Waals surface area contributed by atoms with Crippen LogP contribution in [0.2, 0.25) is 0 Å². The average molecular weight is 356 g/mol. The lowest BCUT2D eigenvalue weighted by Gasteiger charge is -2.25. The maximum Gasteiger partial charge on any atom is 0.350 e. The third-order valence-corrected chi connectivity index (χ3v) is 4.78. The smallest absolute Gasteiger partial charge is 0.350 e. The number of carbonyl (C=O) groups is 1. The van der Waals surface area contributed by atoms with Crippen LogP contribution in [-0.2, 0) is 9.47 Å². The number of aliphatic imine (C=N–C) groups is 1. The van der Waals surface area contributed by atoms with Gasteiger partial charge in [0.15, 0.2) is 5.96 Å². The molecule has 2 N–H and O–H groups in total. The molecule has 0 aliphatic heterocycles. The molecule has 1 unspecified atom stereocenters. The van der Waals surface area contributed by atoms with Gasteiger partial charge < -0.3 is 20.1 Å². The van der Waals surface area contributed by atoms with Crippen LogP contribution in [0.5, 0.6) is 0 Å². The summed E-state index contributed by atoms with van der Waals surface area (Å²) in [6.07, 6.45) is 0. The summed E-state index contributed by atoms with van der Waals surface area (Å²) in [7, 11) is 3.38. The Morgan fingerprint density at radius 3 is 2.67 bits per heavy atom. The number of ether oxygens (including phenoxy) is 2. The highest BCUT2D eigenvalue weighted by Gasteiger charge is 2.21. The van der Waals surface area contributed by atoms with Crippen molar-refractivity contribution in [2.75, 3.05) is 27.3 Å². The second-order valence-electron chi connectivity index (χ2n) is 5.94. The van der Waals surface area contributed by atoms with E-state index in [1.165, 1.54) is 11.3 Å². The second-order valence-corrected chi connectivity index (χ2v) is 6.97. The predicted octanol–water partition coefficient (Wildman–Crippen LogP) is 2.28. The molecule has 0 fully saturated rings. The summed E-state index contributed by atoms with van der Waals surface area (Å²) in [6.45, 7) is 10.5. The highest BCUT2D eigenvalue weighted by atomic mass is 32.1. The molecular weight excluding hydrogens is 328 g/mol. The highest BCUT2D eigenvalue weighted by molar-refractivity contribution is 7.13. The van der Waals surface area contributed by atoms with Gasteiger partial charge in [0.2, 0.25) is 0 Å². The summed E-state index contributed by atoms with van der Waals surface area (Å²) >= 11 is 1.34. The van der Waals surface area contributed by atoms with Gasteiger partial charge in [-0.15, -0.1) is 11.3 Å². The first-order chi connectivity index (χ1) is 11.2. The van der Waals surface area contributed by atoms with E-state index in [1.54, 1.807) is 21.1 Å². The van der Waals surface area contributed by atoms with Crippen molar-refractivity contribution in [3.05, 3.63) is 15.6 Å². The van der Waals surface area contributed by atoms with E-state index in [-0.39, 0.29) is 17.6 Å². The average Bonchev–Trinajstić information content (AvgIpc) is 2.93. The van der Waals surface area contributed by atoms with Crippen molar-refractivity contribution in [2.24, 2.45) is 4.99 Å². The summed E-state index contributed by atoms with van der Waals surface area (Å²) in [6, 6.07) is -0.0891. The van der Waals surface area contributed by atoms with Crippen LogP contribution in [0.4, 0.5) is 0 Å². The molecule has 0 amide bonds. The summed E-state index contributed by atoms with van der Waals surface area (Å²) in [5, 5.41) is 7.30. The Morgan fingerprint density at radius 2 is 2.12 bits per heavy atom. The van der Waals surface area contributed by atoms with E-state index in [0.717, 1.165) is 5.01 Å². The maximum absolute atomic E-state index is 11.9. The minimum atomic E-state index is -0.324. The molecule has 1 atom stereocenters. The Morgan fingerprint density at radius 1 is 1.46 bits per heavy atom. The maximum atomic E-state index is 11.9. The first-order valence-corrected chi connectivity index (χ1v) is 8.72. The van der Waals surface area contributed by atoms with Crippen molar-refractivity contribution in [1.29, 1.82) is 0 Å². The molecule has 1 aromatic heterocycles. The van der Waals surface area contributed by atoms with Crippen LogP contribution < -0.4 is 10.6 Å². The van der Waals surface area contributed by atoms with Crippen LogP contribution in [0.3, 0.4) is 0 Å². The fraction of sp³-hybridized carbons (Fsp3) is 0.688. The van der Waals surface area contributed by atoms with Crippen molar-refractivity contribution in [3.8, 4) is 0 Å². The van der Waals surface area contributed by atoms with Gasteiger partial charge in [0.25, 0.3) is 0 Å². The minimum Gasteiger partial charge on any atom is -0.462 e. The molecule has 0 aromatic carbocycles.